The van der Waals surface area contributed by atoms with E-state index in [1.807, 2.05) is 50.3 Å². The van der Waals surface area contributed by atoms with E-state index in [0.717, 1.165) is 25.7 Å². The summed E-state index contributed by atoms with van der Waals surface area (Å²) >= 11 is 0. The molecule has 0 bridgehead atoms. The first kappa shape index (κ1) is 24.7. The van der Waals surface area contributed by atoms with Crippen LogP contribution >= 0.6 is 0 Å². The summed E-state index contributed by atoms with van der Waals surface area (Å²) in [6.07, 6.45) is 10.7. The average molecular weight is 443 g/mol. The monoisotopic (exact) mass is 442 g/mol. The van der Waals surface area contributed by atoms with Crippen LogP contribution in [-0.2, 0) is 22.4 Å². The molecule has 5 atom stereocenters. The standard InChI is InChI=1S/C27H38O5/c1-18(2)32-27(31)12-6-4-3-5-11-22-23(26(30)17-25(22)29)13-14-24(28)21-15-19-9-7-8-10-20(19)16-21/h3,5,7-10,13-14,18,21-26,28-30H,4,6,11-12,15-17H2,1-2H3/b5-3-,14-13+/t22-,23-,24-,25+,26-/m1/s1. The number of hydrogen-bond donors (Lipinski definition) is 3. The van der Waals surface area contributed by atoms with Gasteiger partial charge in [-0.25, -0.2) is 0 Å². The third kappa shape index (κ3) is 6.77. The van der Waals surface area contributed by atoms with Crippen molar-refractivity contribution in [3.63, 3.8) is 0 Å². The third-order valence-corrected chi connectivity index (χ3v) is 6.71. The molecule has 176 valence electrons. The predicted molar refractivity (Wildman–Crippen MR) is 125 cm³/mol. The molecular weight excluding hydrogens is 404 g/mol. The van der Waals surface area contributed by atoms with E-state index in [2.05, 4.69) is 12.1 Å². The minimum Gasteiger partial charge on any atom is -0.463 e. The fourth-order valence-corrected chi connectivity index (χ4v) is 5.00. The van der Waals surface area contributed by atoms with Crippen molar-refractivity contribution in [2.75, 3.05) is 0 Å². The lowest BCUT2D eigenvalue weighted by molar-refractivity contribution is -0.147. The maximum atomic E-state index is 11.6. The second-order valence-corrected chi connectivity index (χ2v) is 9.56. The number of carbonyl (C=O) groups is 1. The van der Waals surface area contributed by atoms with Crippen LogP contribution in [0.1, 0.15) is 57.1 Å². The number of esters is 1. The van der Waals surface area contributed by atoms with Gasteiger partial charge in [0.15, 0.2) is 0 Å². The van der Waals surface area contributed by atoms with Crippen molar-refractivity contribution < 1.29 is 24.9 Å². The minimum absolute atomic E-state index is 0.0728. The van der Waals surface area contributed by atoms with E-state index in [4.69, 9.17) is 4.74 Å². The smallest absolute Gasteiger partial charge is 0.306 e. The van der Waals surface area contributed by atoms with Gasteiger partial charge < -0.3 is 20.1 Å². The normalized spacial score (nSPS) is 26.9. The van der Waals surface area contributed by atoms with Crippen LogP contribution in [-0.4, -0.2) is 45.7 Å². The van der Waals surface area contributed by atoms with Crippen LogP contribution in [0.3, 0.4) is 0 Å². The zero-order valence-corrected chi connectivity index (χ0v) is 19.3. The van der Waals surface area contributed by atoms with E-state index in [0.29, 0.717) is 19.3 Å². The number of unbranched alkanes of at least 4 members (excludes halogenated alkanes) is 1. The van der Waals surface area contributed by atoms with Crippen molar-refractivity contribution in [1.29, 1.82) is 0 Å². The van der Waals surface area contributed by atoms with E-state index < -0.39 is 18.3 Å². The molecule has 1 saturated carbocycles. The van der Waals surface area contributed by atoms with Crippen LogP contribution in [0.25, 0.3) is 0 Å². The second kappa shape index (κ2) is 11.8. The molecule has 0 amide bonds. The maximum absolute atomic E-state index is 11.6. The Kier molecular flexibility index (Phi) is 9.09. The molecule has 1 aromatic rings. The van der Waals surface area contributed by atoms with Crippen LogP contribution in [0.2, 0.25) is 0 Å². The number of aliphatic hydroxyl groups excluding tert-OH is 3. The van der Waals surface area contributed by atoms with E-state index in [1.54, 1.807) is 0 Å². The molecule has 1 aromatic carbocycles. The van der Waals surface area contributed by atoms with Gasteiger partial charge in [0.2, 0.25) is 0 Å². The number of benzene rings is 1. The van der Waals surface area contributed by atoms with Crippen molar-refractivity contribution >= 4 is 5.97 Å². The van der Waals surface area contributed by atoms with Gasteiger partial charge in [-0.2, -0.15) is 0 Å². The van der Waals surface area contributed by atoms with Crippen molar-refractivity contribution in [3.8, 4) is 0 Å². The molecule has 1 fully saturated rings. The predicted octanol–water partition coefficient (Wildman–Crippen LogP) is 3.74. The molecule has 5 heteroatoms. The van der Waals surface area contributed by atoms with Gasteiger partial charge in [0.1, 0.15) is 0 Å². The van der Waals surface area contributed by atoms with Gasteiger partial charge in [0.05, 0.1) is 24.4 Å². The number of ether oxygens (including phenoxy) is 1. The Morgan fingerprint density at radius 3 is 2.47 bits per heavy atom. The average Bonchev–Trinajstić information content (AvgIpc) is 3.29. The zero-order valence-electron chi connectivity index (χ0n) is 19.3. The van der Waals surface area contributed by atoms with E-state index >= 15 is 0 Å². The van der Waals surface area contributed by atoms with Gasteiger partial charge in [-0.15, -0.1) is 0 Å². The van der Waals surface area contributed by atoms with Crippen molar-refractivity contribution in [2.24, 2.45) is 17.8 Å². The van der Waals surface area contributed by atoms with Gasteiger partial charge in [-0.1, -0.05) is 48.6 Å². The summed E-state index contributed by atoms with van der Waals surface area (Å²) < 4.78 is 5.13. The van der Waals surface area contributed by atoms with Gasteiger partial charge in [0, 0.05) is 18.8 Å². The highest BCUT2D eigenvalue weighted by Crippen LogP contribution is 2.37. The lowest BCUT2D eigenvalue weighted by Gasteiger charge is -2.20. The lowest BCUT2D eigenvalue weighted by Crippen LogP contribution is -2.22. The summed E-state index contributed by atoms with van der Waals surface area (Å²) in [5.74, 6) is -0.254. The Morgan fingerprint density at radius 2 is 1.81 bits per heavy atom. The summed E-state index contributed by atoms with van der Waals surface area (Å²) in [6.45, 7) is 3.69. The molecule has 32 heavy (non-hydrogen) atoms. The molecule has 0 radical (unpaired) electrons. The van der Waals surface area contributed by atoms with Crippen LogP contribution in [0, 0.1) is 17.8 Å². The zero-order chi connectivity index (χ0) is 23.1. The highest BCUT2D eigenvalue weighted by atomic mass is 16.5. The maximum Gasteiger partial charge on any atom is 0.306 e. The summed E-state index contributed by atoms with van der Waals surface area (Å²) in [7, 11) is 0. The van der Waals surface area contributed by atoms with Crippen molar-refractivity contribution in [1.82, 2.24) is 0 Å². The molecule has 3 rings (SSSR count). The quantitative estimate of drug-likeness (QED) is 0.292. The Labute approximate surface area is 191 Å². The lowest BCUT2D eigenvalue weighted by atomic mass is 9.88. The Balaban J connectivity index is 1.47. The summed E-state index contributed by atoms with van der Waals surface area (Å²) in [5, 5.41) is 31.6. The number of aliphatic hydroxyl groups is 3. The van der Waals surface area contributed by atoms with Crippen molar-refractivity contribution in [2.45, 2.75) is 83.2 Å². The first-order valence-electron chi connectivity index (χ1n) is 12.0. The highest BCUT2D eigenvalue weighted by molar-refractivity contribution is 5.69. The second-order valence-electron chi connectivity index (χ2n) is 9.56. The molecule has 0 aromatic heterocycles. The molecule has 0 heterocycles. The minimum atomic E-state index is -0.599. The summed E-state index contributed by atoms with van der Waals surface area (Å²) in [4.78, 5) is 11.6. The number of carbonyl (C=O) groups excluding carboxylic acids is 1. The number of hydrogen-bond acceptors (Lipinski definition) is 5. The van der Waals surface area contributed by atoms with Crippen LogP contribution in [0.15, 0.2) is 48.6 Å². The number of fused-ring (bicyclic) bond motifs is 1. The van der Waals surface area contributed by atoms with Gasteiger partial charge in [-0.05, 0) is 68.9 Å². The first-order chi connectivity index (χ1) is 15.3. The molecule has 0 unspecified atom stereocenters. The van der Waals surface area contributed by atoms with Crippen LogP contribution < -0.4 is 0 Å². The Hall–Kier alpha value is -1.95. The molecule has 0 spiro atoms. The van der Waals surface area contributed by atoms with Crippen LogP contribution in [0.5, 0.6) is 0 Å². The molecule has 2 aliphatic rings. The SMILES string of the molecule is CC(C)OC(=O)CCC/C=C\C[C@@H]1[C@@H](/C=C/[C@@H](O)C2Cc3ccccc3C2)[C@H](O)C[C@@H]1O. The van der Waals surface area contributed by atoms with Crippen LogP contribution in [0.4, 0.5) is 0 Å². The van der Waals surface area contributed by atoms with Gasteiger partial charge >= 0.3 is 5.97 Å². The molecule has 3 N–H and O–H groups in total. The van der Waals surface area contributed by atoms with Crippen molar-refractivity contribution in [3.05, 3.63) is 59.7 Å². The molecule has 0 saturated heterocycles. The Bertz CT molecular complexity index is 774. The largest absolute Gasteiger partial charge is 0.463 e. The molecule has 0 aliphatic heterocycles. The highest BCUT2D eigenvalue weighted by Gasteiger charge is 2.39. The molecular formula is C27H38O5. The first-order valence-corrected chi connectivity index (χ1v) is 12.0. The number of allylic oxidation sites excluding steroid dienone is 2. The van der Waals surface area contributed by atoms with Gasteiger partial charge in [-0.3, -0.25) is 4.79 Å². The van der Waals surface area contributed by atoms with Gasteiger partial charge in [0.25, 0.3) is 0 Å². The van der Waals surface area contributed by atoms with E-state index in [-0.39, 0.29) is 29.8 Å². The Morgan fingerprint density at radius 1 is 1.12 bits per heavy atom. The fourth-order valence-electron chi connectivity index (χ4n) is 5.00. The summed E-state index contributed by atoms with van der Waals surface area (Å²) in [5.41, 5.74) is 2.61. The summed E-state index contributed by atoms with van der Waals surface area (Å²) in [6, 6.07) is 8.32. The molecule has 5 nitrogen and oxygen atoms in total. The van der Waals surface area contributed by atoms with E-state index in [9.17, 15) is 20.1 Å². The van der Waals surface area contributed by atoms with E-state index in [1.165, 1.54) is 11.1 Å². The molecule has 2 aliphatic carbocycles. The third-order valence-electron chi connectivity index (χ3n) is 6.71. The fraction of sp³-hybridized carbons (Fsp3) is 0.593. The number of rotatable bonds is 10. The topological polar surface area (TPSA) is 87.0 Å².